The van der Waals surface area contributed by atoms with Gasteiger partial charge in [0.15, 0.2) is 0 Å². The summed E-state index contributed by atoms with van der Waals surface area (Å²) in [5, 5.41) is 21.8. The van der Waals surface area contributed by atoms with Crippen LogP contribution >= 0.6 is 0 Å². The van der Waals surface area contributed by atoms with Crippen LogP contribution in [-0.2, 0) is 0 Å². The Morgan fingerprint density at radius 1 is 0.144 bits per heavy atom. The monoisotopic (exact) mass is 1500 g/mol. The second kappa shape index (κ2) is 28.2. The second-order valence-corrected chi connectivity index (χ2v) is 30.9. The van der Waals surface area contributed by atoms with Crippen LogP contribution in [-0.4, -0.2) is 19.1 Å². The molecule has 0 saturated carbocycles. The number of hydrogen-bond acceptors (Lipinski definition) is 2. The number of fused-ring (bicyclic) bond motifs is 16. The summed E-state index contributed by atoms with van der Waals surface area (Å²) in [5.41, 5.74) is 27.8. The topological polar surface area (TPSA) is 35.6 Å². The molecule has 4 heteroatoms. The van der Waals surface area contributed by atoms with Crippen molar-refractivity contribution in [2.75, 3.05) is 0 Å². The van der Waals surface area contributed by atoms with Crippen molar-refractivity contribution in [3.05, 3.63) is 437 Å². The fraction of sp³-hybridized carbons (Fsp3) is 0. The van der Waals surface area contributed by atoms with Gasteiger partial charge in [0.2, 0.25) is 0 Å². The van der Waals surface area contributed by atoms with Crippen molar-refractivity contribution in [1.82, 2.24) is 19.1 Å². The molecule has 0 aliphatic rings. The lowest BCUT2D eigenvalue weighted by atomic mass is 9.84. The average Bonchev–Trinajstić information content (AvgIpc) is 1.62. The van der Waals surface area contributed by atoms with Crippen LogP contribution in [0.2, 0.25) is 0 Å². The number of nitrogens with zero attached hydrogens (tertiary/aromatic N) is 4. The molecule has 4 aromatic heterocycles. The Morgan fingerprint density at radius 3 is 0.729 bits per heavy atom. The van der Waals surface area contributed by atoms with E-state index in [-0.39, 0.29) is 0 Å². The number of benzene rings is 20. The molecular weight excluding hydrogens is 1430 g/mol. The molecule has 0 unspecified atom stereocenters. The lowest BCUT2D eigenvalue weighted by Crippen LogP contribution is -1.96. The Hall–Kier alpha value is -15.6. The van der Waals surface area contributed by atoms with Gasteiger partial charge in [-0.3, -0.25) is 0 Å². The van der Waals surface area contributed by atoms with Crippen LogP contribution in [0.5, 0.6) is 0 Å². The molecule has 0 atom stereocenters. The van der Waals surface area contributed by atoms with E-state index in [4.69, 9.17) is 9.97 Å². The molecule has 0 N–H and O–H groups in total. The van der Waals surface area contributed by atoms with Gasteiger partial charge in [-0.25, -0.2) is 9.97 Å². The molecule has 24 aromatic rings. The summed E-state index contributed by atoms with van der Waals surface area (Å²) < 4.78 is 4.78. The summed E-state index contributed by atoms with van der Waals surface area (Å²) in [5.74, 6) is 0. The molecule has 0 saturated heterocycles. The van der Waals surface area contributed by atoms with Crippen LogP contribution in [0.3, 0.4) is 0 Å². The molecule has 0 fully saturated rings. The second-order valence-electron chi connectivity index (χ2n) is 30.9. The minimum Gasteiger partial charge on any atom is -0.309 e. The molecule has 0 radical (unpaired) electrons. The molecule has 24 rings (SSSR count). The van der Waals surface area contributed by atoms with Crippen molar-refractivity contribution in [2.24, 2.45) is 0 Å². The number of hydrogen-bond donors (Lipinski definition) is 0. The first kappa shape index (κ1) is 68.0. The van der Waals surface area contributed by atoms with Gasteiger partial charge in [0.1, 0.15) is 0 Å². The van der Waals surface area contributed by atoms with Gasteiger partial charge in [0, 0.05) is 65.6 Å². The number of aromatic nitrogens is 4. The molecule has 0 spiro atoms. The van der Waals surface area contributed by atoms with E-state index in [1.165, 1.54) is 175 Å². The third-order valence-corrected chi connectivity index (χ3v) is 24.4. The minimum absolute atomic E-state index is 0.957. The molecule has 548 valence electrons. The van der Waals surface area contributed by atoms with Crippen molar-refractivity contribution < 1.29 is 0 Å². The largest absolute Gasteiger partial charge is 0.309 e. The number of rotatable bonds is 10. The highest BCUT2D eigenvalue weighted by molar-refractivity contribution is 6.24. The third-order valence-electron chi connectivity index (χ3n) is 24.4. The maximum Gasteiger partial charge on any atom is 0.0787 e. The van der Waals surface area contributed by atoms with E-state index in [0.29, 0.717) is 0 Å². The van der Waals surface area contributed by atoms with E-state index < -0.39 is 0 Å². The van der Waals surface area contributed by atoms with E-state index in [1.54, 1.807) is 0 Å². The van der Waals surface area contributed by atoms with Crippen molar-refractivity contribution in [1.29, 1.82) is 0 Å². The molecule has 20 aromatic carbocycles. The van der Waals surface area contributed by atoms with Crippen LogP contribution in [0, 0.1) is 0 Å². The Morgan fingerprint density at radius 2 is 0.381 bits per heavy atom. The van der Waals surface area contributed by atoms with Crippen LogP contribution in [0.4, 0.5) is 0 Å². The Kier molecular flexibility index (Phi) is 16.2. The molecule has 118 heavy (non-hydrogen) atoms. The first-order chi connectivity index (χ1) is 58.5. The molecule has 0 aliphatic heterocycles. The smallest absolute Gasteiger partial charge is 0.0787 e. The van der Waals surface area contributed by atoms with Crippen LogP contribution in [0.15, 0.2) is 437 Å². The highest BCUT2D eigenvalue weighted by Crippen LogP contribution is 2.49. The lowest BCUT2D eigenvalue weighted by Gasteiger charge is -2.19. The first-order valence-electron chi connectivity index (χ1n) is 40.6. The minimum atomic E-state index is 0.957. The van der Waals surface area contributed by atoms with Gasteiger partial charge in [-0.05, 0) is 193 Å². The summed E-state index contributed by atoms with van der Waals surface area (Å²) in [6.07, 6.45) is 0. The Labute approximate surface area is 682 Å². The molecular formula is C114H72N4. The summed E-state index contributed by atoms with van der Waals surface area (Å²) >= 11 is 0. The van der Waals surface area contributed by atoms with E-state index in [1.807, 2.05) is 0 Å². The quantitative estimate of drug-likeness (QED) is 0.101. The summed E-state index contributed by atoms with van der Waals surface area (Å²) in [4.78, 5) is 10.7. The van der Waals surface area contributed by atoms with Crippen molar-refractivity contribution >= 4 is 130 Å². The SMILES string of the molecule is c1ccc(-c2ccc(-c3c4ccccc4c(-c4ccc(-c5ccccc5)cc4)c4cc(-c5ccc6ccc7ccccc7c6n5)ccc34)cc2)cc1.c1ccc2c(c1)ccc1ccc(-c3ccc4c(-c5ccc(-n6c7ccccc7c7ccccc76)cc5)c5ccccc5c(-c5ccc(-n6c7ccccc7c7ccccc76)cc5)c4c3)nc12. The fourth-order valence-electron chi connectivity index (χ4n) is 18.8. The molecule has 0 bridgehead atoms. The highest BCUT2D eigenvalue weighted by atomic mass is 15.0. The van der Waals surface area contributed by atoms with Crippen molar-refractivity contribution in [2.45, 2.75) is 0 Å². The van der Waals surface area contributed by atoms with E-state index in [2.05, 4.69) is 446 Å². The number of pyridine rings is 2. The van der Waals surface area contributed by atoms with Gasteiger partial charge < -0.3 is 9.13 Å². The average molecular weight is 1500 g/mol. The molecule has 0 aliphatic carbocycles. The van der Waals surface area contributed by atoms with Gasteiger partial charge in [0.25, 0.3) is 0 Å². The summed E-state index contributed by atoms with van der Waals surface area (Å²) in [6, 6.07) is 159. The number of para-hydroxylation sites is 4. The molecule has 4 nitrogen and oxygen atoms in total. The van der Waals surface area contributed by atoms with Crippen molar-refractivity contribution in [3.63, 3.8) is 0 Å². The van der Waals surface area contributed by atoms with E-state index in [9.17, 15) is 0 Å². The predicted molar refractivity (Wildman–Crippen MR) is 501 cm³/mol. The Balaban J connectivity index is 0.000000143. The van der Waals surface area contributed by atoms with Gasteiger partial charge in [0.05, 0.1) is 44.5 Å². The Bertz CT molecular complexity index is 8020. The zero-order chi connectivity index (χ0) is 77.7. The van der Waals surface area contributed by atoms with E-state index in [0.717, 1.165) is 55.7 Å². The summed E-state index contributed by atoms with van der Waals surface area (Å²) in [7, 11) is 0. The zero-order valence-electron chi connectivity index (χ0n) is 64.4. The first-order valence-corrected chi connectivity index (χ1v) is 40.6. The van der Waals surface area contributed by atoms with Gasteiger partial charge >= 0.3 is 0 Å². The van der Waals surface area contributed by atoms with Crippen LogP contribution in [0.25, 0.3) is 231 Å². The third kappa shape index (κ3) is 11.4. The lowest BCUT2D eigenvalue weighted by molar-refractivity contribution is 1.18. The maximum atomic E-state index is 5.39. The fourth-order valence-corrected chi connectivity index (χ4v) is 18.8. The highest BCUT2D eigenvalue weighted by Gasteiger charge is 2.23. The molecule has 4 heterocycles. The van der Waals surface area contributed by atoms with Crippen molar-refractivity contribution in [3.8, 4) is 101 Å². The summed E-state index contributed by atoms with van der Waals surface area (Å²) in [6.45, 7) is 0. The van der Waals surface area contributed by atoms with Crippen LogP contribution in [0.1, 0.15) is 0 Å². The standard InChI is InChI=1S/C63H39N3.C51H33N/c1-2-14-47-40(13-1)25-26-43-32-38-56(64-63(43)47)44-31-37-54-55(39-44)62(42-29-35-46(36-30-42)66-59-23-11-7-17-50(59)51-18-8-12-24-60(51)66)53-20-4-3-19-52(53)61(54)41-27-33-45(34-28-41)65-57-21-9-5-15-48(57)49-16-6-10-22-58(49)65;1-3-11-34(12-4-1)36-19-24-39(25-20-36)49-44-17-9-10-18-45(44)50(40-26-21-37(22-27-40)35-13-5-2-6-14-35)47-33-42(29-31-46(47)49)48-32-30-41-28-23-38-15-7-8-16-43(38)51(41)52-48/h1-39H;1-33H. The maximum absolute atomic E-state index is 5.39. The zero-order valence-corrected chi connectivity index (χ0v) is 64.4. The van der Waals surface area contributed by atoms with E-state index >= 15 is 0 Å². The van der Waals surface area contributed by atoms with Gasteiger partial charge in [-0.15, -0.1) is 0 Å². The van der Waals surface area contributed by atoms with Gasteiger partial charge in [-0.2, -0.15) is 0 Å². The van der Waals surface area contributed by atoms with Crippen LogP contribution < -0.4 is 0 Å². The predicted octanol–water partition coefficient (Wildman–Crippen LogP) is 30.9. The normalized spacial score (nSPS) is 11.7. The molecule has 0 amide bonds. The van der Waals surface area contributed by atoms with Gasteiger partial charge in [-0.1, -0.05) is 364 Å².